The predicted octanol–water partition coefficient (Wildman–Crippen LogP) is 2.99. The first-order chi connectivity index (χ1) is 16.7. The first-order valence-electron chi connectivity index (χ1n) is 10.7. The second-order valence-corrected chi connectivity index (χ2v) is 7.80. The first-order valence-corrected chi connectivity index (χ1v) is 10.7. The Morgan fingerprint density at radius 2 is 1.80 bits per heavy atom. The highest BCUT2D eigenvalue weighted by Crippen LogP contribution is 2.32. The largest absolute Gasteiger partial charge is 0.493 e. The third-order valence-corrected chi connectivity index (χ3v) is 5.00. The number of anilines is 4. The summed E-state index contributed by atoms with van der Waals surface area (Å²) in [4.78, 5) is 34.2. The number of rotatable bonds is 7. The summed E-state index contributed by atoms with van der Waals surface area (Å²) in [7, 11) is 1.44. The molecule has 0 aliphatic carbocycles. The number of hydrogen-bond donors (Lipinski definition) is 2. The molecule has 184 valence electrons. The zero-order valence-corrected chi connectivity index (χ0v) is 19.4. The van der Waals surface area contributed by atoms with Crippen molar-refractivity contribution >= 4 is 29.2 Å². The third kappa shape index (κ3) is 5.93. The van der Waals surface area contributed by atoms with Crippen LogP contribution in [0.2, 0.25) is 0 Å². The van der Waals surface area contributed by atoms with Gasteiger partial charge in [0.15, 0.2) is 5.75 Å². The molecule has 1 saturated heterocycles. The molecule has 1 fully saturated rings. The van der Waals surface area contributed by atoms with Crippen LogP contribution in [0.5, 0.6) is 5.75 Å². The van der Waals surface area contributed by atoms with Gasteiger partial charge < -0.3 is 25.0 Å². The molecule has 3 aromatic rings. The molecule has 13 heteroatoms. The Balaban J connectivity index is 1.68. The van der Waals surface area contributed by atoms with E-state index in [1.807, 2.05) is 4.90 Å². The normalized spacial score (nSPS) is 13.9. The van der Waals surface area contributed by atoms with Crippen LogP contribution in [0.4, 0.5) is 32.1 Å². The summed E-state index contributed by atoms with van der Waals surface area (Å²) in [5.74, 6) is -3.11. The Bertz CT molecular complexity index is 1200. The van der Waals surface area contributed by atoms with Gasteiger partial charge >= 0.3 is 5.92 Å². The summed E-state index contributed by atoms with van der Waals surface area (Å²) in [6.07, 6.45) is 4.45. The van der Waals surface area contributed by atoms with Crippen molar-refractivity contribution in [1.29, 1.82) is 0 Å². The Morgan fingerprint density at radius 3 is 2.43 bits per heavy atom. The smallest absolute Gasteiger partial charge is 0.303 e. The van der Waals surface area contributed by atoms with Crippen LogP contribution in [0.25, 0.3) is 11.3 Å². The number of alkyl halides is 2. The average Bonchev–Trinajstić information content (AvgIpc) is 2.84. The number of methoxy groups -OCH3 is 1. The maximum Gasteiger partial charge on any atom is 0.303 e. The first kappa shape index (κ1) is 24.1. The van der Waals surface area contributed by atoms with Gasteiger partial charge in [0.2, 0.25) is 17.7 Å². The number of aromatic nitrogens is 5. The van der Waals surface area contributed by atoms with Crippen LogP contribution in [-0.2, 0) is 15.5 Å². The fraction of sp³-hybridized carbons (Fsp3) is 0.364. The monoisotopic (exact) mass is 486 g/mol. The molecule has 0 atom stereocenters. The van der Waals surface area contributed by atoms with Gasteiger partial charge in [-0.2, -0.15) is 8.78 Å². The average molecular weight is 486 g/mol. The number of morpholine rings is 1. The maximum absolute atomic E-state index is 14.2. The number of halogens is 2. The Morgan fingerprint density at radius 1 is 1.09 bits per heavy atom. The number of nitrogens with zero attached hydrogens (tertiary/aromatic N) is 6. The Kier molecular flexibility index (Phi) is 6.96. The molecule has 0 spiro atoms. The molecule has 11 nitrogen and oxygen atoms in total. The minimum Gasteiger partial charge on any atom is -0.493 e. The number of ether oxygens (including phenoxy) is 2. The van der Waals surface area contributed by atoms with Gasteiger partial charge in [-0.3, -0.25) is 4.79 Å². The summed E-state index contributed by atoms with van der Waals surface area (Å²) in [5.41, 5.74) is 1.02. The van der Waals surface area contributed by atoms with Crippen LogP contribution in [0.15, 0.2) is 30.7 Å². The van der Waals surface area contributed by atoms with Crippen molar-refractivity contribution in [3.05, 3.63) is 36.5 Å². The SMILES string of the molecule is COc1cnc(NC(C)=O)cc1Nc1cc(-c2cnc(N3CCOCC3)nc2)nc(C(C)(F)F)n1. The molecule has 0 radical (unpaired) electrons. The summed E-state index contributed by atoms with van der Waals surface area (Å²) in [6, 6.07) is 3.01. The second kappa shape index (κ2) is 10.1. The van der Waals surface area contributed by atoms with Crippen molar-refractivity contribution in [1.82, 2.24) is 24.9 Å². The fourth-order valence-electron chi connectivity index (χ4n) is 3.33. The van der Waals surface area contributed by atoms with Gasteiger partial charge in [0.25, 0.3) is 0 Å². The molecule has 1 aliphatic rings. The van der Waals surface area contributed by atoms with Crippen molar-refractivity contribution in [3.8, 4) is 17.0 Å². The lowest BCUT2D eigenvalue weighted by atomic mass is 10.2. The lowest BCUT2D eigenvalue weighted by Crippen LogP contribution is -2.37. The zero-order valence-electron chi connectivity index (χ0n) is 19.4. The molecule has 1 aliphatic heterocycles. The minimum atomic E-state index is -3.30. The molecule has 4 rings (SSSR count). The number of pyridine rings is 1. The topological polar surface area (TPSA) is 127 Å². The summed E-state index contributed by atoms with van der Waals surface area (Å²) >= 11 is 0. The van der Waals surface area contributed by atoms with Gasteiger partial charge in [-0.25, -0.2) is 24.9 Å². The molecule has 2 N–H and O–H groups in total. The molecule has 0 aromatic carbocycles. The zero-order chi connectivity index (χ0) is 25.0. The highest BCUT2D eigenvalue weighted by atomic mass is 19.3. The van der Waals surface area contributed by atoms with Gasteiger partial charge in [-0.1, -0.05) is 0 Å². The molecular formula is C22H24F2N8O3. The van der Waals surface area contributed by atoms with Crippen molar-refractivity contribution in [2.45, 2.75) is 19.8 Å². The minimum absolute atomic E-state index is 0.0852. The van der Waals surface area contributed by atoms with E-state index in [4.69, 9.17) is 9.47 Å². The van der Waals surface area contributed by atoms with Gasteiger partial charge in [0.05, 0.1) is 37.9 Å². The van der Waals surface area contributed by atoms with Crippen LogP contribution in [0.3, 0.4) is 0 Å². The van der Waals surface area contributed by atoms with E-state index in [-0.39, 0.29) is 23.2 Å². The van der Waals surface area contributed by atoms with Crippen molar-refractivity contribution in [3.63, 3.8) is 0 Å². The van der Waals surface area contributed by atoms with Gasteiger partial charge in [-0.15, -0.1) is 0 Å². The maximum atomic E-state index is 14.2. The lowest BCUT2D eigenvalue weighted by molar-refractivity contribution is -0.114. The van der Waals surface area contributed by atoms with Crippen molar-refractivity contribution < 1.29 is 23.0 Å². The molecule has 35 heavy (non-hydrogen) atoms. The van der Waals surface area contributed by atoms with E-state index in [0.29, 0.717) is 49.3 Å². The van der Waals surface area contributed by atoms with Gasteiger partial charge in [0, 0.05) is 57.0 Å². The Hall–Kier alpha value is -4.00. The molecule has 1 amide bonds. The van der Waals surface area contributed by atoms with E-state index in [1.165, 1.54) is 44.8 Å². The molecule has 0 bridgehead atoms. The van der Waals surface area contributed by atoms with Crippen LogP contribution in [-0.4, -0.2) is 64.2 Å². The standard InChI is InChI=1S/C22H24F2N8O3/c1-13(33)28-18-9-16(17(34-3)12-25-18)29-19-8-15(30-20(31-19)22(2,23)24)14-10-26-21(27-11-14)32-4-6-35-7-5-32/h8-12H,4-7H2,1-3H3,(H2,25,28,29,30,31,33). The quantitative estimate of drug-likeness (QED) is 0.514. The third-order valence-electron chi connectivity index (χ3n) is 5.00. The number of hydrogen-bond acceptors (Lipinski definition) is 10. The van der Waals surface area contributed by atoms with Crippen LogP contribution in [0, 0.1) is 0 Å². The fourth-order valence-corrected chi connectivity index (χ4v) is 3.33. The van der Waals surface area contributed by atoms with Gasteiger partial charge in [0.1, 0.15) is 11.6 Å². The molecule has 0 saturated carbocycles. The number of carbonyl (C=O) groups excluding carboxylic acids is 1. The highest BCUT2D eigenvalue weighted by Gasteiger charge is 2.30. The van der Waals surface area contributed by atoms with E-state index < -0.39 is 11.7 Å². The van der Waals surface area contributed by atoms with Gasteiger partial charge in [-0.05, 0) is 0 Å². The van der Waals surface area contributed by atoms with Crippen molar-refractivity contribution in [2.75, 3.05) is 48.9 Å². The predicted molar refractivity (Wildman–Crippen MR) is 124 cm³/mol. The van der Waals surface area contributed by atoms with E-state index in [0.717, 1.165) is 6.92 Å². The molecule has 0 unspecified atom stereocenters. The number of carbonyl (C=O) groups is 1. The van der Waals surface area contributed by atoms with Crippen LogP contribution < -0.4 is 20.3 Å². The molecular weight excluding hydrogens is 462 g/mol. The number of amides is 1. The van der Waals surface area contributed by atoms with Crippen molar-refractivity contribution in [2.24, 2.45) is 0 Å². The lowest BCUT2D eigenvalue weighted by Gasteiger charge is -2.26. The Labute approximate surface area is 200 Å². The number of nitrogens with one attached hydrogen (secondary N) is 2. The van der Waals surface area contributed by atoms with Crippen LogP contribution >= 0.6 is 0 Å². The van der Waals surface area contributed by atoms with E-state index in [9.17, 15) is 13.6 Å². The van der Waals surface area contributed by atoms with E-state index >= 15 is 0 Å². The summed E-state index contributed by atoms with van der Waals surface area (Å²) < 4.78 is 39.1. The highest BCUT2D eigenvalue weighted by molar-refractivity contribution is 5.88. The van der Waals surface area contributed by atoms with E-state index in [1.54, 1.807) is 0 Å². The molecule has 4 heterocycles. The van der Waals surface area contributed by atoms with E-state index in [2.05, 4.69) is 35.6 Å². The second-order valence-electron chi connectivity index (χ2n) is 7.80. The summed E-state index contributed by atoms with van der Waals surface area (Å²) in [5, 5.41) is 5.52. The van der Waals surface area contributed by atoms with Crippen LogP contribution in [0.1, 0.15) is 19.7 Å². The summed E-state index contributed by atoms with van der Waals surface area (Å²) in [6.45, 7) is 4.57. The molecule has 3 aromatic heterocycles.